The second kappa shape index (κ2) is 5.46. The summed E-state index contributed by atoms with van der Waals surface area (Å²) < 4.78 is 0. The van der Waals surface area contributed by atoms with Crippen LogP contribution in [0.25, 0.3) is 10.8 Å². The lowest BCUT2D eigenvalue weighted by Gasteiger charge is -2.27. The Kier molecular flexibility index (Phi) is 3.53. The van der Waals surface area contributed by atoms with Gasteiger partial charge in [-0.15, -0.1) is 0 Å². The number of hydrogen-bond donors (Lipinski definition) is 1. The van der Waals surface area contributed by atoms with E-state index >= 15 is 0 Å². The van der Waals surface area contributed by atoms with E-state index in [1.54, 1.807) is 0 Å². The van der Waals surface area contributed by atoms with Crippen LogP contribution >= 0.6 is 0 Å². The third-order valence-electron chi connectivity index (χ3n) is 3.63. The molecule has 94 valence electrons. The van der Waals surface area contributed by atoms with E-state index in [-0.39, 0.29) is 0 Å². The highest BCUT2D eigenvalue weighted by atomic mass is 15.2. The average molecular weight is 241 g/mol. The molecule has 0 bridgehead atoms. The van der Waals surface area contributed by atoms with Gasteiger partial charge in [0.25, 0.3) is 0 Å². The molecule has 0 atom stereocenters. The first kappa shape index (κ1) is 11.6. The molecule has 0 unspecified atom stereocenters. The molecule has 1 fully saturated rings. The van der Waals surface area contributed by atoms with Crippen LogP contribution in [0.5, 0.6) is 0 Å². The molecule has 3 rings (SSSR count). The molecule has 0 aliphatic carbocycles. The van der Waals surface area contributed by atoms with Crippen molar-refractivity contribution in [3.05, 3.63) is 42.2 Å². The van der Waals surface area contributed by atoms with Crippen molar-refractivity contribution in [2.24, 2.45) is 0 Å². The number of hydrogen-bond acceptors (Lipinski definition) is 3. The van der Waals surface area contributed by atoms with E-state index in [4.69, 9.17) is 0 Å². The Bertz CT molecular complexity index is 513. The molecular formula is C15H19N3. The first-order valence-electron chi connectivity index (χ1n) is 6.69. The van der Waals surface area contributed by atoms with Gasteiger partial charge in [0.15, 0.2) is 0 Å². The smallest absolute Gasteiger partial charge is 0.0494 e. The molecule has 1 N–H and O–H groups in total. The predicted molar refractivity (Wildman–Crippen MR) is 74.8 cm³/mol. The van der Waals surface area contributed by atoms with Crippen molar-refractivity contribution in [2.75, 3.05) is 32.7 Å². The number of benzene rings is 1. The molecule has 1 aliphatic rings. The van der Waals surface area contributed by atoms with Gasteiger partial charge in [0.1, 0.15) is 0 Å². The topological polar surface area (TPSA) is 28.2 Å². The van der Waals surface area contributed by atoms with Gasteiger partial charge in [-0.1, -0.05) is 24.3 Å². The Balaban J connectivity index is 1.74. The molecule has 1 aliphatic heterocycles. The number of nitrogens with one attached hydrogen (secondary N) is 1. The molecule has 0 amide bonds. The lowest BCUT2D eigenvalue weighted by atomic mass is 10.1. The summed E-state index contributed by atoms with van der Waals surface area (Å²) in [6, 6.07) is 10.6. The van der Waals surface area contributed by atoms with Gasteiger partial charge >= 0.3 is 0 Å². The van der Waals surface area contributed by atoms with Crippen LogP contribution in [0, 0.1) is 0 Å². The van der Waals surface area contributed by atoms with Crippen LogP contribution in [0.4, 0.5) is 0 Å². The Hall–Kier alpha value is -1.45. The van der Waals surface area contributed by atoms with E-state index in [0.29, 0.717) is 0 Å². The number of fused-ring (bicyclic) bond motifs is 1. The van der Waals surface area contributed by atoms with Gasteiger partial charge in [-0.25, -0.2) is 0 Å². The van der Waals surface area contributed by atoms with Gasteiger partial charge in [0.05, 0.1) is 0 Å². The van der Waals surface area contributed by atoms with Crippen LogP contribution in [0.3, 0.4) is 0 Å². The van der Waals surface area contributed by atoms with Crippen LogP contribution < -0.4 is 5.32 Å². The van der Waals surface area contributed by atoms with E-state index in [1.807, 2.05) is 6.20 Å². The maximum Gasteiger partial charge on any atom is 0.0494 e. The van der Waals surface area contributed by atoms with Crippen molar-refractivity contribution in [3.63, 3.8) is 0 Å². The number of rotatable bonds is 3. The minimum absolute atomic E-state index is 1.04. The predicted octanol–water partition coefficient (Wildman–Crippen LogP) is 1.68. The second-order valence-corrected chi connectivity index (χ2v) is 4.82. The zero-order chi connectivity index (χ0) is 12.2. The van der Waals surface area contributed by atoms with Crippen molar-refractivity contribution >= 4 is 10.8 Å². The molecule has 1 aromatic heterocycles. The van der Waals surface area contributed by atoms with E-state index in [9.17, 15) is 0 Å². The minimum atomic E-state index is 1.04. The van der Waals surface area contributed by atoms with Crippen molar-refractivity contribution in [3.8, 4) is 0 Å². The SMILES string of the molecule is c1ccc2c(CCN3CCNCC3)nccc2c1. The van der Waals surface area contributed by atoms with Crippen LogP contribution in [-0.4, -0.2) is 42.6 Å². The summed E-state index contributed by atoms with van der Waals surface area (Å²) in [6.07, 6.45) is 2.97. The Morgan fingerprint density at radius 3 is 2.83 bits per heavy atom. The largest absolute Gasteiger partial charge is 0.314 e. The summed E-state index contributed by atoms with van der Waals surface area (Å²) in [5.41, 5.74) is 1.23. The fourth-order valence-corrected chi connectivity index (χ4v) is 2.58. The number of nitrogens with zero attached hydrogens (tertiary/aromatic N) is 2. The lowest BCUT2D eigenvalue weighted by Crippen LogP contribution is -2.44. The van der Waals surface area contributed by atoms with Gasteiger partial charge in [-0.2, -0.15) is 0 Å². The normalized spacial score (nSPS) is 17.1. The van der Waals surface area contributed by atoms with E-state index < -0.39 is 0 Å². The molecule has 0 saturated carbocycles. The highest BCUT2D eigenvalue weighted by molar-refractivity contribution is 5.84. The maximum absolute atomic E-state index is 4.55. The van der Waals surface area contributed by atoms with Crippen LogP contribution in [-0.2, 0) is 6.42 Å². The Morgan fingerprint density at radius 1 is 1.11 bits per heavy atom. The summed E-state index contributed by atoms with van der Waals surface area (Å²) in [4.78, 5) is 7.06. The summed E-state index contributed by atoms with van der Waals surface area (Å²) in [5, 5.41) is 5.98. The van der Waals surface area contributed by atoms with E-state index in [2.05, 4.69) is 45.5 Å². The lowest BCUT2D eigenvalue weighted by molar-refractivity contribution is 0.243. The van der Waals surface area contributed by atoms with Gasteiger partial charge in [0.2, 0.25) is 0 Å². The zero-order valence-electron chi connectivity index (χ0n) is 10.6. The molecule has 1 aromatic carbocycles. The molecule has 18 heavy (non-hydrogen) atoms. The third kappa shape index (κ3) is 2.52. The first-order chi connectivity index (χ1) is 8.93. The number of pyridine rings is 1. The molecule has 2 heterocycles. The van der Waals surface area contributed by atoms with Crippen molar-refractivity contribution < 1.29 is 0 Å². The fourth-order valence-electron chi connectivity index (χ4n) is 2.58. The monoisotopic (exact) mass is 241 g/mol. The second-order valence-electron chi connectivity index (χ2n) is 4.82. The van der Waals surface area contributed by atoms with Crippen molar-refractivity contribution in [2.45, 2.75) is 6.42 Å². The molecule has 3 nitrogen and oxygen atoms in total. The number of piperazine rings is 1. The summed E-state index contributed by atoms with van der Waals surface area (Å²) in [5.74, 6) is 0. The zero-order valence-corrected chi connectivity index (χ0v) is 10.6. The van der Waals surface area contributed by atoms with Crippen molar-refractivity contribution in [1.82, 2.24) is 15.2 Å². The van der Waals surface area contributed by atoms with Gasteiger partial charge in [-0.05, 0) is 11.5 Å². The molecule has 0 spiro atoms. The van der Waals surface area contributed by atoms with Crippen LogP contribution in [0.1, 0.15) is 5.69 Å². The van der Waals surface area contributed by atoms with Gasteiger partial charge < -0.3 is 10.2 Å². The number of aromatic nitrogens is 1. The highest BCUT2D eigenvalue weighted by Crippen LogP contribution is 2.16. The minimum Gasteiger partial charge on any atom is -0.314 e. The van der Waals surface area contributed by atoms with Crippen LogP contribution in [0.15, 0.2) is 36.5 Å². The van der Waals surface area contributed by atoms with Gasteiger partial charge in [0, 0.05) is 56.4 Å². The Morgan fingerprint density at radius 2 is 1.94 bits per heavy atom. The fraction of sp³-hybridized carbons (Fsp3) is 0.400. The molecule has 3 heteroatoms. The molecule has 0 radical (unpaired) electrons. The molecular weight excluding hydrogens is 222 g/mol. The maximum atomic E-state index is 4.55. The molecule has 2 aromatic rings. The van der Waals surface area contributed by atoms with Crippen LogP contribution in [0.2, 0.25) is 0 Å². The van der Waals surface area contributed by atoms with E-state index in [1.165, 1.54) is 16.5 Å². The quantitative estimate of drug-likeness (QED) is 0.886. The summed E-state index contributed by atoms with van der Waals surface area (Å²) in [6.45, 7) is 5.66. The summed E-state index contributed by atoms with van der Waals surface area (Å²) in [7, 11) is 0. The van der Waals surface area contributed by atoms with E-state index in [0.717, 1.165) is 39.1 Å². The molecule has 1 saturated heterocycles. The summed E-state index contributed by atoms with van der Waals surface area (Å²) >= 11 is 0. The third-order valence-corrected chi connectivity index (χ3v) is 3.63. The Labute approximate surface area is 108 Å². The first-order valence-corrected chi connectivity index (χ1v) is 6.69. The standard InChI is InChI=1S/C15H19N3/c1-2-4-14-13(3-1)5-7-17-15(14)6-10-18-11-8-16-9-12-18/h1-5,7,16H,6,8-12H2. The van der Waals surface area contributed by atoms with Crippen molar-refractivity contribution in [1.29, 1.82) is 0 Å². The highest BCUT2D eigenvalue weighted by Gasteiger charge is 2.10. The average Bonchev–Trinajstić information content (AvgIpc) is 2.46. The van der Waals surface area contributed by atoms with Gasteiger partial charge in [-0.3, -0.25) is 4.98 Å².